The molecule has 1 saturated carbocycles. The van der Waals surface area contributed by atoms with Crippen LogP contribution in [-0.2, 0) is 0 Å². The van der Waals surface area contributed by atoms with Crippen LogP contribution in [-0.4, -0.2) is 16.5 Å². The molecule has 0 spiro atoms. The lowest BCUT2D eigenvalue weighted by molar-refractivity contribution is 0.691. The third-order valence-corrected chi connectivity index (χ3v) is 5.70. The van der Waals surface area contributed by atoms with E-state index >= 15 is 0 Å². The molecule has 21 heavy (non-hydrogen) atoms. The lowest BCUT2D eigenvalue weighted by Crippen LogP contribution is -2.08. The zero-order valence-corrected chi connectivity index (χ0v) is 14.9. The van der Waals surface area contributed by atoms with Gasteiger partial charge in [-0.05, 0) is 53.6 Å². The predicted molar refractivity (Wildman–Crippen MR) is 93.2 cm³/mol. The van der Waals surface area contributed by atoms with Gasteiger partial charge in [-0.25, -0.2) is 9.97 Å². The van der Waals surface area contributed by atoms with E-state index in [0.29, 0.717) is 5.92 Å². The average molecular weight is 366 g/mol. The fraction of sp³-hybridized carbons (Fsp3) is 0.500. The summed E-state index contributed by atoms with van der Waals surface area (Å²) in [7, 11) is 0. The van der Waals surface area contributed by atoms with E-state index in [1.807, 2.05) is 0 Å². The van der Waals surface area contributed by atoms with Gasteiger partial charge in [-0.2, -0.15) is 11.3 Å². The summed E-state index contributed by atoms with van der Waals surface area (Å²) in [6, 6.07) is 0. The summed E-state index contributed by atoms with van der Waals surface area (Å²) >= 11 is 5.43. The van der Waals surface area contributed by atoms with E-state index in [9.17, 15) is 0 Å². The number of halogens is 1. The molecule has 0 bridgehead atoms. The molecular formula is C16H20BrN3S. The van der Waals surface area contributed by atoms with Gasteiger partial charge in [-0.15, -0.1) is 0 Å². The van der Waals surface area contributed by atoms with Crippen LogP contribution in [0.4, 0.5) is 5.82 Å². The van der Waals surface area contributed by atoms with E-state index in [-0.39, 0.29) is 0 Å². The number of nitrogens with zero attached hydrogens (tertiary/aromatic N) is 2. The van der Waals surface area contributed by atoms with Crippen molar-refractivity contribution in [3.63, 3.8) is 0 Å². The molecule has 112 valence electrons. The number of thiophene rings is 1. The van der Waals surface area contributed by atoms with Gasteiger partial charge in [0.05, 0.1) is 10.2 Å². The molecule has 3 rings (SSSR count). The topological polar surface area (TPSA) is 37.8 Å². The zero-order chi connectivity index (χ0) is 14.8. The third kappa shape index (κ3) is 2.99. The Morgan fingerprint density at radius 3 is 2.67 bits per heavy atom. The minimum atomic E-state index is 0.567. The Morgan fingerprint density at radius 1 is 1.29 bits per heavy atom. The number of aromatic nitrogens is 2. The smallest absolute Gasteiger partial charge is 0.162 e. The number of hydrogen-bond donors (Lipinski definition) is 1. The lowest BCUT2D eigenvalue weighted by Gasteiger charge is -2.16. The second kappa shape index (κ2) is 6.44. The van der Waals surface area contributed by atoms with Crippen LogP contribution in [0.5, 0.6) is 0 Å². The molecule has 1 aliphatic rings. The molecule has 2 aromatic heterocycles. The molecule has 1 fully saturated rings. The summed E-state index contributed by atoms with van der Waals surface area (Å²) < 4.78 is 1.05. The highest BCUT2D eigenvalue weighted by Crippen LogP contribution is 2.40. The first-order chi connectivity index (χ1) is 10.2. The monoisotopic (exact) mass is 365 g/mol. The summed E-state index contributed by atoms with van der Waals surface area (Å²) in [4.78, 5) is 9.64. The van der Waals surface area contributed by atoms with Gasteiger partial charge in [-0.3, -0.25) is 0 Å². The van der Waals surface area contributed by atoms with Crippen molar-refractivity contribution in [2.75, 3.05) is 11.9 Å². The Morgan fingerprint density at radius 2 is 2.05 bits per heavy atom. The standard InChI is InChI=1S/C16H20BrN3S/c1-3-18-16-13(17)14(11-6-4-5-7-11)19-15(20-16)12-9-21-8-10(12)2/h8-9,11H,3-7H2,1-2H3,(H,18,19,20). The van der Waals surface area contributed by atoms with Gasteiger partial charge in [-0.1, -0.05) is 12.8 Å². The van der Waals surface area contributed by atoms with Crippen molar-refractivity contribution in [1.82, 2.24) is 9.97 Å². The third-order valence-electron chi connectivity index (χ3n) is 4.06. The van der Waals surface area contributed by atoms with Crippen molar-refractivity contribution in [3.05, 3.63) is 26.5 Å². The van der Waals surface area contributed by atoms with Crippen molar-refractivity contribution in [1.29, 1.82) is 0 Å². The minimum absolute atomic E-state index is 0.567. The van der Waals surface area contributed by atoms with Gasteiger partial charge >= 0.3 is 0 Å². The maximum Gasteiger partial charge on any atom is 0.162 e. The fourth-order valence-electron chi connectivity index (χ4n) is 2.93. The maximum atomic E-state index is 4.91. The van der Waals surface area contributed by atoms with Crippen molar-refractivity contribution in [3.8, 4) is 11.4 Å². The highest BCUT2D eigenvalue weighted by atomic mass is 79.9. The molecule has 3 nitrogen and oxygen atoms in total. The van der Waals surface area contributed by atoms with Crippen LogP contribution in [0, 0.1) is 6.92 Å². The van der Waals surface area contributed by atoms with E-state index in [1.165, 1.54) is 36.9 Å². The highest BCUT2D eigenvalue weighted by molar-refractivity contribution is 9.10. The zero-order valence-electron chi connectivity index (χ0n) is 12.4. The Bertz CT molecular complexity index is 632. The largest absolute Gasteiger partial charge is 0.369 e. The van der Waals surface area contributed by atoms with E-state index < -0.39 is 0 Å². The van der Waals surface area contributed by atoms with Gasteiger partial charge < -0.3 is 5.32 Å². The Hall–Kier alpha value is -0.940. The van der Waals surface area contributed by atoms with Crippen molar-refractivity contribution in [2.24, 2.45) is 0 Å². The van der Waals surface area contributed by atoms with Crippen molar-refractivity contribution < 1.29 is 0 Å². The summed E-state index contributed by atoms with van der Waals surface area (Å²) in [5.41, 5.74) is 3.59. The summed E-state index contributed by atoms with van der Waals surface area (Å²) in [6.45, 7) is 5.08. The van der Waals surface area contributed by atoms with Crippen LogP contribution in [0.1, 0.15) is 49.8 Å². The van der Waals surface area contributed by atoms with Crippen LogP contribution in [0.2, 0.25) is 0 Å². The molecule has 1 N–H and O–H groups in total. The highest BCUT2D eigenvalue weighted by Gasteiger charge is 2.24. The normalized spacial score (nSPS) is 15.6. The number of anilines is 1. The molecule has 0 amide bonds. The van der Waals surface area contributed by atoms with Crippen LogP contribution in [0.3, 0.4) is 0 Å². The van der Waals surface area contributed by atoms with E-state index in [1.54, 1.807) is 11.3 Å². The number of hydrogen-bond acceptors (Lipinski definition) is 4. The van der Waals surface area contributed by atoms with E-state index in [4.69, 9.17) is 9.97 Å². The van der Waals surface area contributed by atoms with E-state index in [2.05, 4.69) is 45.9 Å². The number of aryl methyl sites for hydroxylation is 1. The molecule has 2 heterocycles. The van der Waals surface area contributed by atoms with Crippen LogP contribution >= 0.6 is 27.3 Å². The molecule has 1 aliphatic carbocycles. The molecule has 0 saturated heterocycles. The van der Waals surface area contributed by atoms with Crippen LogP contribution < -0.4 is 5.32 Å². The summed E-state index contributed by atoms with van der Waals surface area (Å²) in [5, 5.41) is 7.67. The maximum absolute atomic E-state index is 4.91. The SMILES string of the molecule is CCNc1nc(-c2cscc2C)nc(C2CCCC2)c1Br. The molecule has 2 aromatic rings. The van der Waals surface area contributed by atoms with Gasteiger partial charge in [0.25, 0.3) is 0 Å². The molecule has 0 radical (unpaired) electrons. The first-order valence-electron chi connectivity index (χ1n) is 7.55. The lowest BCUT2D eigenvalue weighted by atomic mass is 10.0. The average Bonchev–Trinajstić information content (AvgIpc) is 3.13. The quantitative estimate of drug-likeness (QED) is 0.791. The number of nitrogens with one attached hydrogen (secondary N) is 1. The second-order valence-electron chi connectivity index (χ2n) is 5.58. The van der Waals surface area contributed by atoms with Crippen molar-refractivity contribution >= 4 is 33.1 Å². The molecule has 0 atom stereocenters. The van der Waals surface area contributed by atoms with Gasteiger partial charge in [0.2, 0.25) is 0 Å². The molecular weight excluding hydrogens is 346 g/mol. The van der Waals surface area contributed by atoms with Gasteiger partial charge in [0.15, 0.2) is 5.82 Å². The second-order valence-corrected chi connectivity index (χ2v) is 7.11. The Balaban J connectivity index is 2.10. The predicted octanol–water partition coefficient (Wildman–Crippen LogP) is 5.37. The van der Waals surface area contributed by atoms with Crippen LogP contribution in [0.15, 0.2) is 15.2 Å². The van der Waals surface area contributed by atoms with Gasteiger partial charge in [0.1, 0.15) is 5.82 Å². The molecule has 0 aromatic carbocycles. The molecule has 0 aliphatic heterocycles. The summed E-state index contributed by atoms with van der Waals surface area (Å²) in [5.74, 6) is 2.35. The first-order valence-corrected chi connectivity index (χ1v) is 9.28. The molecule has 5 heteroatoms. The van der Waals surface area contributed by atoms with Crippen LogP contribution in [0.25, 0.3) is 11.4 Å². The minimum Gasteiger partial charge on any atom is -0.369 e. The number of rotatable bonds is 4. The van der Waals surface area contributed by atoms with Gasteiger partial charge in [0, 0.05) is 23.4 Å². The van der Waals surface area contributed by atoms with Crippen molar-refractivity contribution in [2.45, 2.75) is 45.4 Å². The molecule has 0 unspecified atom stereocenters. The Labute approximate surface area is 138 Å². The summed E-state index contributed by atoms with van der Waals surface area (Å²) in [6.07, 6.45) is 5.10. The van der Waals surface area contributed by atoms with E-state index in [0.717, 1.165) is 28.2 Å². The fourth-order valence-corrected chi connectivity index (χ4v) is 4.40. The first kappa shape index (κ1) is 15.0. The Kier molecular flexibility index (Phi) is 4.60.